The Labute approximate surface area is 141 Å². The lowest BCUT2D eigenvalue weighted by Gasteiger charge is -2.39. The molecule has 0 radical (unpaired) electrons. The third kappa shape index (κ3) is 2.57. The number of rotatable bonds is 1. The van der Waals surface area contributed by atoms with E-state index in [0.29, 0.717) is 11.5 Å². The first-order chi connectivity index (χ1) is 10.7. The molecule has 1 saturated carbocycles. The van der Waals surface area contributed by atoms with Gasteiger partial charge in [-0.1, -0.05) is 20.8 Å². The number of hydrogen-bond acceptors (Lipinski definition) is 3. The average molecular weight is 328 g/mol. The van der Waals surface area contributed by atoms with Crippen molar-refractivity contribution in [2.75, 3.05) is 6.54 Å². The van der Waals surface area contributed by atoms with Crippen LogP contribution in [-0.2, 0) is 0 Å². The predicted octanol–water partition coefficient (Wildman–Crippen LogP) is 4.65. The van der Waals surface area contributed by atoms with Crippen molar-refractivity contribution in [1.82, 2.24) is 9.88 Å². The number of aromatic nitrogens is 1. The minimum Gasteiger partial charge on any atom is -0.335 e. The number of hydrogen-bond donors (Lipinski definition) is 0. The number of carbonyl (C=O) groups excluding carboxylic acids is 1. The maximum absolute atomic E-state index is 13.1. The van der Waals surface area contributed by atoms with Gasteiger partial charge in [0.1, 0.15) is 0 Å². The van der Waals surface area contributed by atoms with Crippen molar-refractivity contribution in [3.8, 4) is 0 Å². The summed E-state index contributed by atoms with van der Waals surface area (Å²) >= 11 is 1.66. The van der Waals surface area contributed by atoms with Crippen molar-refractivity contribution in [1.29, 1.82) is 0 Å². The van der Waals surface area contributed by atoms with Crippen molar-refractivity contribution in [3.05, 3.63) is 28.8 Å². The van der Waals surface area contributed by atoms with E-state index in [1.807, 2.05) is 25.1 Å². The Kier molecular flexibility index (Phi) is 3.15. The van der Waals surface area contributed by atoms with Crippen LogP contribution in [0, 0.1) is 17.8 Å². The molecule has 0 unspecified atom stereocenters. The number of amides is 1. The normalized spacial score (nSPS) is 29.2. The third-order valence-corrected chi connectivity index (χ3v) is 6.35. The molecule has 1 saturated heterocycles. The van der Waals surface area contributed by atoms with Crippen LogP contribution in [0.25, 0.3) is 10.2 Å². The van der Waals surface area contributed by atoms with Gasteiger partial charge in [-0.25, -0.2) is 4.98 Å². The molecule has 23 heavy (non-hydrogen) atoms. The van der Waals surface area contributed by atoms with Gasteiger partial charge in [-0.15, -0.1) is 11.3 Å². The molecule has 1 aliphatic heterocycles. The first kappa shape index (κ1) is 15.1. The molecule has 1 amide bonds. The van der Waals surface area contributed by atoms with E-state index in [9.17, 15) is 4.79 Å². The predicted molar refractivity (Wildman–Crippen MR) is 94.9 cm³/mol. The van der Waals surface area contributed by atoms with E-state index in [1.54, 1.807) is 11.3 Å². The number of aryl methyl sites for hydroxylation is 1. The number of nitrogens with zero attached hydrogens (tertiary/aromatic N) is 2. The quantitative estimate of drug-likeness (QED) is 0.763. The van der Waals surface area contributed by atoms with E-state index in [4.69, 9.17) is 0 Å². The molecule has 3 nitrogen and oxygen atoms in total. The topological polar surface area (TPSA) is 33.2 Å². The molecule has 2 atom stereocenters. The molecule has 0 N–H and O–H groups in total. The second-order valence-corrected chi connectivity index (χ2v) is 9.80. The van der Waals surface area contributed by atoms with E-state index in [0.717, 1.165) is 40.2 Å². The highest BCUT2D eigenvalue weighted by atomic mass is 32.1. The minimum absolute atomic E-state index is 0.198. The van der Waals surface area contributed by atoms with Gasteiger partial charge < -0.3 is 4.90 Å². The highest BCUT2D eigenvalue weighted by Crippen LogP contribution is 2.52. The maximum Gasteiger partial charge on any atom is 0.254 e. The third-order valence-electron chi connectivity index (χ3n) is 5.42. The highest BCUT2D eigenvalue weighted by molar-refractivity contribution is 7.18. The van der Waals surface area contributed by atoms with Crippen LogP contribution in [0.5, 0.6) is 0 Å². The average Bonchev–Trinajstić information content (AvgIpc) is 2.92. The van der Waals surface area contributed by atoms with E-state index >= 15 is 0 Å². The molecule has 4 heteroatoms. The van der Waals surface area contributed by atoms with Crippen LogP contribution in [0.3, 0.4) is 0 Å². The number of likely N-dealkylation sites (tertiary alicyclic amines) is 1. The first-order valence-electron chi connectivity index (χ1n) is 8.43. The summed E-state index contributed by atoms with van der Waals surface area (Å²) in [5.74, 6) is 0.198. The van der Waals surface area contributed by atoms with Gasteiger partial charge >= 0.3 is 0 Å². The molecule has 1 aromatic heterocycles. The molecular formula is C19H24N2OS. The fourth-order valence-corrected chi connectivity index (χ4v) is 5.90. The lowest BCUT2D eigenvalue weighted by atomic mass is 9.65. The monoisotopic (exact) mass is 328 g/mol. The Bertz CT molecular complexity index is 794. The molecule has 4 rings (SSSR count). The Morgan fingerprint density at radius 3 is 2.87 bits per heavy atom. The lowest BCUT2D eigenvalue weighted by molar-refractivity contribution is 0.0708. The summed E-state index contributed by atoms with van der Waals surface area (Å²) < 4.78 is 1.11. The van der Waals surface area contributed by atoms with Gasteiger partial charge in [-0.2, -0.15) is 0 Å². The fraction of sp³-hybridized carbons (Fsp3) is 0.579. The van der Waals surface area contributed by atoms with E-state index < -0.39 is 0 Å². The summed E-state index contributed by atoms with van der Waals surface area (Å²) in [7, 11) is 0. The van der Waals surface area contributed by atoms with Crippen LogP contribution >= 0.6 is 11.3 Å². The van der Waals surface area contributed by atoms with Gasteiger partial charge in [0.25, 0.3) is 5.91 Å². The SMILES string of the molecule is Cc1nc2ccc(C(=O)N3C[C@@]4(C)C[C@H]3CC(C)(C)C4)cc2s1. The molecule has 2 heterocycles. The zero-order valence-electron chi connectivity index (χ0n) is 14.3. The lowest BCUT2D eigenvalue weighted by Crippen LogP contribution is -2.37. The minimum atomic E-state index is 0.198. The van der Waals surface area contributed by atoms with Gasteiger partial charge in [0.05, 0.1) is 15.2 Å². The summed E-state index contributed by atoms with van der Waals surface area (Å²) in [6.45, 7) is 9.96. The van der Waals surface area contributed by atoms with Gasteiger partial charge in [-0.05, 0) is 55.2 Å². The van der Waals surface area contributed by atoms with Crippen molar-refractivity contribution < 1.29 is 4.79 Å². The van der Waals surface area contributed by atoms with Crippen LogP contribution in [-0.4, -0.2) is 28.4 Å². The molecule has 122 valence electrons. The van der Waals surface area contributed by atoms with Crippen molar-refractivity contribution in [2.24, 2.45) is 10.8 Å². The van der Waals surface area contributed by atoms with E-state index in [-0.39, 0.29) is 11.3 Å². The van der Waals surface area contributed by atoms with Crippen molar-refractivity contribution in [2.45, 2.75) is 53.0 Å². The van der Waals surface area contributed by atoms with Crippen LogP contribution in [0.15, 0.2) is 18.2 Å². The van der Waals surface area contributed by atoms with Gasteiger partial charge in [0.2, 0.25) is 0 Å². The van der Waals surface area contributed by atoms with Gasteiger partial charge in [0.15, 0.2) is 0 Å². The van der Waals surface area contributed by atoms with Crippen LogP contribution in [0.4, 0.5) is 0 Å². The van der Waals surface area contributed by atoms with Gasteiger partial charge in [-0.3, -0.25) is 4.79 Å². The molecule has 1 aliphatic carbocycles. The van der Waals surface area contributed by atoms with E-state index in [2.05, 4.69) is 30.7 Å². The fourth-order valence-electron chi connectivity index (χ4n) is 5.04. The first-order valence-corrected chi connectivity index (χ1v) is 9.25. The molecule has 2 aliphatic rings. The van der Waals surface area contributed by atoms with E-state index in [1.165, 1.54) is 6.42 Å². The summed E-state index contributed by atoms with van der Waals surface area (Å²) in [5.41, 5.74) is 2.44. The largest absolute Gasteiger partial charge is 0.335 e. The zero-order valence-corrected chi connectivity index (χ0v) is 15.2. The number of benzene rings is 1. The van der Waals surface area contributed by atoms with Crippen LogP contribution in [0.2, 0.25) is 0 Å². The summed E-state index contributed by atoms with van der Waals surface area (Å²) in [4.78, 5) is 19.7. The van der Waals surface area contributed by atoms with Crippen LogP contribution in [0.1, 0.15) is 55.4 Å². The zero-order chi connectivity index (χ0) is 16.4. The molecular weight excluding hydrogens is 304 g/mol. The van der Waals surface area contributed by atoms with Crippen LogP contribution < -0.4 is 0 Å². The number of fused-ring (bicyclic) bond motifs is 3. The summed E-state index contributed by atoms with van der Waals surface area (Å²) in [6, 6.07) is 6.35. The van der Waals surface area contributed by atoms with Gasteiger partial charge in [0, 0.05) is 18.2 Å². The molecule has 2 fully saturated rings. The maximum atomic E-state index is 13.1. The van der Waals surface area contributed by atoms with Crippen molar-refractivity contribution >= 4 is 27.5 Å². The standard InChI is InChI=1S/C19H24N2OS/c1-12-20-15-6-5-13(7-16(15)23-12)17(22)21-11-19(4)9-14(21)8-18(2,3)10-19/h5-7,14H,8-11H2,1-4H3/t14-,19+/m1/s1. The molecule has 2 aromatic rings. The Morgan fingerprint density at radius 2 is 2.09 bits per heavy atom. The molecule has 0 spiro atoms. The smallest absolute Gasteiger partial charge is 0.254 e. The second-order valence-electron chi connectivity index (χ2n) is 8.56. The van der Waals surface area contributed by atoms with Crippen molar-refractivity contribution in [3.63, 3.8) is 0 Å². The summed E-state index contributed by atoms with van der Waals surface area (Å²) in [6.07, 6.45) is 3.49. The Hall–Kier alpha value is -1.42. The number of thiazole rings is 1. The molecule has 2 bridgehead atoms. The highest BCUT2D eigenvalue weighted by Gasteiger charge is 2.51. The molecule has 1 aromatic carbocycles. The number of carbonyl (C=O) groups is 1. The summed E-state index contributed by atoms with van der Waals surface area (Å²) in [5, 5.41) is 1.05. The second kappa shape index (κ2) is 4.79. The Balaban J connectivity index is 1.66. The Morgan fingerprint density at radius 1 is 1.30 bits per heavy atom.